The summed E-state index contributed by atoms with van der Waals surface area (Å²) in [6, 6.07) is 11.0. The van der Waals surface area contributed by atoms with Crippen LogP contribution < -0.4 is 9.47 Å². The van der Waals surface area contributed by atoms with E-state index in [9.17, 15) is 4.79 Å². The van der Waals surface area contributed by atoms with E-state index in [1.165, 1.54) is 11.3 Å². The molecular weight excluding hydrogens is 248 g/mol. The standard InChI is InChI=1S/C14H14O3S/c1-10-6-7-14(18-10)13(15)9-17-12-5-3-4-11(8-12)16-2/h3-8H,9H2,1-2H3. The van der Waals surface area contributed by atoms with E-state index in [4.69, 9.17) is 9.47 Å². The van der Waals surface area contributed by atoms with Gasteiger partial charge in [-0.05, 0) is 31.2 Å². The van der Waals surface area contributed by atoms with Crippen molar-refractivity contribution in [2.24, 2.45) is 0 Å². The van der Waals surface area contributed by atoms with Crippen LogP contribution in [0.15, 0.2) is 36.4 Å². The first-order valence-corrected chi connectivity index (χ1v) is 6.37. The van der Waals surface area contributed by atoms with Crippen LogP contribution in [0.4, 0.5) is 0 Å². The molecule has 0 atom stereocenters. The highest BCUT2D eigenvalue weighted by atomic mass is 32.1. The van der Waals surface area contributed by atoms with Crippen molar-refractivity contribution in [1.29, 1.82) is 0 Å². The number of carbonyl (C=O) groups is 1. The number of ketones is 1. The van der Waals surface area contributed by atoms with Crippen LogP contribution in [0.1, 0.15) is 14.5 Å². The fourth-order valence-corrected chi connectivity index (χ4v) is 2.29. The van der Waals surface area contributed by atoms with Gasteiger partial charge >= 0.3 is 0 Å². The van der Waals surface area contributed by atoms with E-state index in [-0.39, 0.29) is 12.4 Å². The molecule has 0 amide bonds. The zero-order chi connectivity index (χ0) is 13.0. The first-order valence-electron chi connectivity index (χ1n) is 5.55. The van der Waals surface area contributed by atoms with Crippen molar-refractivity contribution in [3.05, 3.63) is 46.2 Å². The van der Waals surface area contributed by atoms with Crippen LogP contribution in [-0.4, -0.2) is 19.5 Å². The number of thiophene rings is 1. The SMILES string of the molecule is COc1cccc(OCC(=O)c2ccc(C)s2)c1. The predicted octanol–water partition coefficient (Wildman–Crippen LogP) is 3.33. The lowest BCUT2D eigenvalue weighted by atomic mass is 10.3. The molecule has 3 nitrogen and oxygen atoms in total. The van der Waals surface area contributed by atoms with Crippen LogP contribution in [-0.2, 0) is 0 Å². The Labute approximate surface area is 110 Å². The molecular formula is C14H14O3S. The van der Waals surface area contributed by atoms with Gasteiger partial charge in [0.1, 0.15) is 11.5 Å². The van der Waals surface area contributed by atoms with Gasteiger partial charge in [0.05, 0.1) is 12.0 Å². The fraction of sp³-hybridized carbons (Fsp3) is 0.214. The van der Waals surface area contributed by atoms with Crippen LogP contribution in [0.25, 0.3) is 0 Å². The molecule has 0 radical (unpaired) electrons. The minimum atomic E-state index is -0.00378. The van der Waals surface area contributed by atoms with E-state index >= 15 is 0 Å². The van der Waals surface area contributed by atoms with Crippen molar-refractivity contribution in [2.45, 2.75) is 6.92 Å². The highest BCUT2D eigenvalue weighted by Crippen LogP contribution is 2.20. The van der Waals surface area contributed by atoms with Crippen molar-refractivity contribution < 1.29 is 14.3 Å². The zero-order valence-corrected chi connectivity index (χ0v) is 11.1. The van der Waals surface area contributed by atoms with E-state index in [0.717, 1.165) is 9.75 Å². The second kappa shape index (κ2) is 5.69. The van der Waals surface area contributed by atoms with Crippen LogP contribution in [0.2, 0.25) is 0 Å². The van der Waals surface area contributed by atoms with Gasteiger partial charge in [0.15, 0.2) is 6.61 Å². The molecule has 0 aliphatic heterocycles. The molecule has 0 N–H and O–H groups in total. The van der Waals surface area contributed by atoms with E-state index in [1.54, 1.807) is 19.2 Å². The Morgan fingerprint density at radius 3 is 2.67 bits per heavy atom. The molecule has 4 heteroatoms. The van der Waals surface area contributed by atoms with Gasteiger partial charge < -0.3 is 9.47 Å². The van der Waals surface area contributed by atoms with Gasteiger partial charge in [-0.15, -0.1) is 11.3 Å². The van der Waals surface area contributed by atoms with Gasteiger partial charge in [-0.2, -0.15) is 0 Å². The average Bonchev–Trinajstić information content (AvgIpc) is 2.83. The average molecular weight is 262 g/mol. The number of aryl methyl sites for hydroxylation is 1. The second-order valence-corrected chi connectivity index (χ2v) is 5.09. The second-order valence-electron chi connectivity index (χ2n) is 3.80. The molecule has 1 heterocycles. The summed E-state index contributed by atoms with van der Waals surface area (Å²) in [5.41, 5.74) is 0. The van der Waals surface area contributed by atoms with Crippen LogP contribution >= 0.6 is 11.3 Å². The maximum Gasteiger partial charge on any atom is 0.210 e. The van der Waals surface area contributed by atoms with Gasteiger partial charge in [0, 0.05) is 10.9 Å². The minimum Gasteiger partial charge on any atom is -0.497 e. The summed E-state index contributed by atoms with van der Waals surface area (Å²) in [5.74, 6) is 1.35. The summed E-state index contributed by atoms with van der Waals surface area (Å²) in [6.45, 7) is 2.03. The molecule has 0 unspecified atom stereocenters. The Kier molecular flexibility index (Phi) is 3.99. The molecule has 0 aliphatic carbocycles. The molecule has 1 aromatic carbocycles. The molecule has 0 spiro atoms. The number of ether oxygens (including phenoxy) is 2. The minimum absolute atomic E-state index is 0.00378. The monoisotopic (exact) mass is 262 g/mol. The van der Waals surface area contributed by atoms with Crippen LogP contribution in [0.3, 0.4) is 0 Å². The number of methoxy groups -OCH3 is 1. The number of carbonyl (C=O) groups excluding carboxylic acids is 1. The first kappa shape index (κ1) is 12.6. The molecule has 2 aromatic rings. The lowest BCUT2D eigenvalue weighted by molar-refractivity contribution is 0.0925. The van der Waals surface area contributed by atoms with Crippen molar-refractivity contribution in [3.63, 3.8) is 0 Å². The Morgan fingerprint density at radius 2 is 2.00 bits per heavy atom. The molecule has 94 valence electrons. The largest absolute Gasteiger partial charge is 0.497 e. The van der Waals surface area contributed by atoms with Gasteiger partial charge in [-0.3, -0.25) is 4.79 Å². The molecule has 0 fully saturated rings. The molecule has 0 bridgehead atoms. The fourth-order valence-electron chi connectivity index (χ4n) is 1.50. The normalized spacial score (nSPS) is 10.1. The maximum atomic E-state index is 11.8. The number of benzene rings is 1. The quantitative estimate of drug-likeness (QED) is 0.775. The Morgan fingerprint density at radius 1 is 1.22 bits per heavy atom. The van der Waals surface area contributed by atoms with Gasteiger partial charge in [0.25, 0.3) is 0 Å². The first-order chi connectivity index (χ1) is 8.69. The third-order valence-electron chi connectivity index (χ3n) is 2.43. The molecule has 0 saturated heterocycles. The molecule has 0 saturated carbocycles. The summed E-state index contributed by atoms with van der Waals surface area (Å²) < 4.78 is 10.5. The number of hydrogen-bond donors (Lipinski definition) is 0. The van der Waals surface area contributed by atoms with Crippen molar-refractivity contribution in [2.75, 3.05) is 13.7 Å². The van der Waals surface area contributed by atoms with E-state index in [0.29, 0.717) is 11.5 Å². The Balaban J connectivity index is 1.97. The van der Waals surface area contributed by atoms with Gasteiger partial charge in [-0.1, -0.05) is 6.07 Å². The van der Waals surface area contributed by atoms with E-state index in [1.807, 2.05) is 31.2 Å². The Hall–Kier alpha value is -1.81. The zero-order valence-electron chi connectivity index (χ0n) is 10.3. The summed E-state index contributed by atoms with van der Waals surface area (Å²) in [7, 11) is 1.60. The summed E-state index contributed by atoms with van der Waals surface area (Å²) in [5, 5.41) is 0. The number of Topliss-reactive ketones (excluding diaryl/α,β-unsaturated/α-hetero) is 1. The highest BCUT2D eigenvalue weighted by Gasteiger charge is 2.09. The molecule has 18 heavy (non-hydrogen) atoms. The summed E-state index contributed by atoms with van der Waals surface area (Å²) in [6.07, 6.45) is 0. The van der Waals surface area contributed by atoms with Crippen LogP contribution in [0, 0.1) is 6.92 Å². The Bertz CT molecular complexity index is 545. The van der Waals surface area contributed by atoms with E-state index < -0.39 is 0 Å². The lowest BCUT2D eigenvalue weighted by Gasteiger charge is -2.06. The van der Waals surface area contributed by atoms with Crippen LogP contribution in [0.5, 0.6) is 11.5 Å². The third-order valence-corrected chi connectivity index (χ3v) is 3.47. The molecule has 0 aliphatic rings. The smallest absolute Gasteiger partial charge is 0.210 e. The molecule has 1 aromatic heterocycles. The van der Waals surface area contributed by atoms with Crippen molar-refractivity contribution >= 4 is 17.1 Å². The highest BCUT2D eigenvalue weighted by molar-refractivity contribution is 7.14. The van der Waals surface area contributed by atoms with Gasteiger partial charge in [-0.25, -0.2) is 0 Å². The predicted molar refractivity (Wildman–Crippen MR) is 71.9 cm³/mol. The van der Waals surface area contributed by atoms with Crippen molar-refractivity contribution in [1.82, 2.24) is 0 Å². The van der Waals surface area contributed by atoms with Crippen molar-refractivity contribution in [3.8, 4) is 11.5 Å². The number of rotatable bonds is 5. The summed E-state index contributed by atoms with van der Waals surface area (Å²) in [4.78, 5) is 13.7. The number of hydrogen-bond acceptors (Lipinski definition) is 4. The van der Waals surface area contributed by atoms with E-state index in [2.05, 4.69) is 0 Å². The topological polar surface area (TPSA) is 35.5 Å². The summed E-state index contributed by atoms with van der Waals surface area (Å²) >= 11 is 1.48. The maximum absolute atomic E-state index is 11.8. The third kappa shape index (κ3) is 3.11. The lowest BCUT2D eigenvalue weighted by Crippen LogP contribution is -2.10. The molecule has 2 rings (SSSR count). The van der Waals surface area contributed by atoms with Gasteiger partial charge in [0.2, 0.25) is 5.78 Å².